The van der Waals surface area contributed by atoms with Crippen LogP contribution in [0.4, 0.5) is 0 Å². The van der Waals surface area contributed by atoms with E-state index in [0.29, 0.717) is 0 Å². The fourth-order valence-electron chi connectivity index (χ4n) is 0.284. The summed E-state index contributed by atoms with van der Waals surface area (Å²) in [6.45, 7) is 0. The van der Waals surface area contributed by atoms with Crippen LogP contribution in [-0.2, 0) is 22.3 Å². The normalized spacial score (nSPS) is 12.6. The second kappa shape index (κ2) is 7.15. The summed E-state index contributed by atoms with van der Waals surface area (Å²) in [5.74, 6) is 0. The fourth-order valence-corrected chi connectivity index (χ4v) is 2.82. The maximum absolute atomic E-state index is 10.4. The molecule has 15 heteroatoms. The molecule has 0 aromatic rings. The molecule has 11 nitrogen and oxygen atoms in total. The van der Waals surface area contributed by atoms with Gasteiger partial charge in [-0.2, -0.15) is 8.62 Å². The van der Waals surface area contributed by atoms with E-state index >= 15 is 0 Å². The molecular formula is H9CaO11P3. The first-order valence-corrected chi connectivity index (χ1v) is 6.83. The molecule has 0 saturated carbocycles. The van der Waals surface area contributed by atoms with Crippen LogP contribution in [0.25, 0.3) is 0 Å². The summed E-state index contributed by atoms with van der Waals surface area (Å²) in [4.78, 5) is 40.2. The predicted octanol–water partition coefficient (Wildman–Crippen LogP) is -2.44. The van der Waals surface area contributed by atoms with Gasteiger partial charge in [0.2, 0.25) is 0 Å². The van der Waals surface area contributed by atoms with E-state index in [1.54, 1.807) is 0 Å². The third kappa shape index (κ3) is 15.6. The van der Waals surface area contributed by atoms with Crippen LogP contribution in [0.15, 0.2) is 0 Å². The van der Waals surface area contributed by atoms with Crippen molar-refractivity contribution in [3.8, 4) is 0 Å². The van der Waals surface area contributed by atoms with Crippen molar-refractivity contribution in [3.63, 3.8) is 0 Å². The molecule has 92 valence electrons. The van der Waals surface area contributed by atoms with E-state index in [4.69, 9.17) is 24.5 Å². The first-order valence-electron chi connectivity index (χ1n) is 2.28. The van der Waals surface area contributed by atoms with Crippen LogP contribution < -0.4 is 0 Å². The summed E-state index contributed by atoms with van der Waals surface area (Å²) in [5.41, 5.74) is 0. The molecular weight excluding hydrogens is 309 g/mol. The SMILES string of the molecule is O.O=P(O)(O)OP(=O)(O)OP(=O)(O)O.[CaH2]. The molecule has 0 atom stereocenters. The van der Waals surface area contributed by atoms with Gasteiger partial charge in [0.05, 0.1) is 0 Å². The molecule has 15 heavy (non-hydrogen) atoms. The zero-order valence-electron chi connectivity index (χ0n) is 6.12. The third-order valence-electron chi connectivity index (χ3n) is 0.419. The summed E-state index contributed by atoms with van der Waals surface area (Å²) in [5, 5.41) is 0. The Morgan fingerprint density at radius 3 is 1.07 bits per heavy atom. The number of hydrogen-bond acceptors (Lipinski definition) is 5. The van der Waals surface area contributed by atoms with Crippen molar-refractivity contribution >= 4 is 61.2 Å². The Hall–Kier alpha value is 1.63. The molecule has 0 fully saturated rings. The van der Waals surface area contributed by atoms with Crippen molar-refractivity contribution in [2.75, 3.05) is 0 Å². The molecule has 0 radical (unpaired) electrons. The van der Waals surface area contributed by atoms with E-state index < -0.39 is 23.5 Å². The summed E-state index contributed by atoms with van der Waals surface area (Å²) in [6, 6.07) is 0. The quantitative estimate of drug-likeness (QED) is 0.274. The summed E-state index contributed by atoms with van der Waals surface area (Å²) < 4.78 is 36.4. The van der Waals surface area contributed by atoms with Gasteiger partial charge in [-0.1, -0.05) is 0 Å². The van der Waals surface area contributed by atoms with Crippen molar-refractivity contribution in [1.29, 1.82) is 0 Å². The molecule has 0 aliphatic carbocycles. The van der Waals surface area contributed by atoms with E-state index in [9.17, 15) is 13.7 Å². The van der Waals surface area contributed by atoms with Crippen molar-refractivity contribution < 1.29 is 52.3 Å². The molecule has 0 aromatic carbocycles. The Balaban J connectivity index is -0.000000720. The minimum atomic E-state index is -5.46. The summed E-state index contributed by atoms with van der Waals surface area (Å²) in [6.07, 6.45) is 0. The van der Waals surface area contributed by atoms with Crippen LogP contribution in [0.3, 0.4) is 0 Å². The van der Waals surface area contributed by atoms with E-state index in [1.165, 1.54) is 0 Å². The topological polar surface area (TPSA) is 202 Å². The van der Waals surface area contributed by atoms with Gasteiger partial charge in [-0.15, -0.1) is 0 Å². The molecule has 0 aromatic heterocycles. The number of rotatable bonds is 4. The van der Waals surface area contributed by atoms with Crippen LogP contribution in [-0.4, -0.2) is 67.7 Å². The summed E-state index contributed by atoms with van der Waals surface area (Å²) >= 11 is 0. The van der Waals surface area contributed by atoms with E-state index in [1.807, 2.05) is 0 Å². The first-order chi connectivity index (χ1) is 5.41. The number of hydrogen-bond donors (Lipinski definition) is 5. The second-order valence-corrected chi connectivity index (χ2v) is 5.82. The van der Waals surface area contributed by atoms with Crippen LogP contribution in [0.1, 0.15) is 0 Å². The monoisotopic (exact) mass is 318 g/mol. The van der Waals surface area contributed by atoms with Gasteiger partial charge >= 0.3 is 61.2 Å². The van der Waals surface area contributed by atoms with Gasteiger partial charge in [-0.3, -0.25) is 0 Å². The predicted molar refractivity (Wildman–Crippen MR) is 48.2 cm³/mol. The van der Waals surface area contributed by atoms with Crippen molar-refractivity contribution in [1.82, 2.24) is 0 Å². The van der Waals surface area contributed by atoms with Gasteiger partial charge in [-0.25, -0.2) is 13.7 Å². The van der Waals surface area contributed by atoms with E-state index in [0.717, 1.165) is 0 Å². The van der Waals surface area contributed by atoms with Gasteiger partial charge in [-0.05, 0) is 0 Å². The molecule has 0 amide bonds. The molecule has 0 rings (SSSR count). The molecule has 0 saturated heterocycles. The van der Waals surface area contributed by atoms with Crippen molar-refractivity contribution in [3.05, 3.63) is 0 Å². The molecule has 0 spiro atoms. The van der Waals surface area contributed by atoms with Crippen LogP contribution in [0.5, 0.6) is 0 Å². The molecule has 7 N–H and O–H groups in total. The Bertz CT molecular complexity index is 278. The van der Waals surface area contributed by atoms with E-state index in [-0.39, 0.29) is 43.2 Å². The van der Waals surface area contributed by atoms with Gasteiger partial charge in [0.25, 0.3) is 0 Å². The van der Waals surface area contributed by atoms with Gasteiger partial charge in [0.15, 0.2) is 0 Å². The fraction of sp³-hybridized carbons (Fsp3) is 0. The minimum absolute atomic E-state index is 0. The second-order valence-electron chi connectivity index (χ2n) is 1.61. The third-order valence-corrected chi connectivity index (χ3v) is 3.77. The summed E-state index contributed by atoms with van der Waals surface area (Å²) in [7, 11) is -16.2. The standard InChI is InChI=1S/Ca.H5O10P3.H2O.2H/c;1-11(2,3)9-13(7,8)10-12(4,5)6;;;/h;(H,7,8)(H2,1,2,3)(H2,4,5,6);1H2;;. The average Bonchev–Trinajstić information content (AvgIpc) is 1.43. The average molecular weight is 318 g/mol. The molecule has 0 aliphatic heterocycles. The molecule has 0 bridgehead atoms. The van der Waals surface area contributed by atoms with Crippen LogP contribution in [0, 0.1) is 0 Å². The number of phosphoric acid groups is 3. The first kappa shape index (κ1) is 21.9. The van der Waals surface area contributed by atoms with Crippen LogP contribution >= 0.6 is 23.5 Å². The Morgan fingerprint density at radius 1 is 0.733 bits per heavy atom. The van der Waals surface area contributed by atoms with E-state index in [2.05, 4.69) is 8.62 Å². The zero-order valence-corrected chi connectivity index (χ0v) is 8.80. The van der Waals surface area contributed by atoms with Gasteiger partial charge in [0, 0.05) is 0 Å². The maximum atomic E-state index is 10.4. The Morgan fingerprint density at radius 2 is 0.933 bits per heavy atom. The molecule has 0 aliphatic rings. The van der Waals surface area contributed by atoms with Crippen molar-refractivity contribution in [2.24, 2.45) is 0 Å². The molecule has 0 heterocycles. The Kier molecular flexibility index (Phi) is 10.4. The van der Waals surface area contributed by atoms with Gasteiger partial charge < -0.3 is 29.9 Å². The zero-order chi connectivity index (χ0) is 10.9. The Labute approximate surface area is 113 Å². The van der Waals surface area contributed by atoms with Gasteiger partial charge in [0.1, 0.15) is 0 Å². The van der Waals surface area contributed by atoms with Crippen molar-refractivity contribution in [2.45, 2.75) is 0 Å². The molecule has 0 unspecified atom stereocenters. The van der Waals surface area contributed by atoms with Crippen LogP contribution in [0.2, 0.25) is 0 Å².